The molecule has 1 spiro atoms. The van der Waals surface area contributed by atoms with E-state index in [9.17, 15) is 23.4 Å². The monoisotopic (exact) mass is 395 g/mol. The Hall–Kier alpha value is -2.40. The normalized spacial score (nSPS) is 35.0. The first-order chi connectivity index (χ1) is 11.9. The third kappa shape index (κ3) is 2.58. The number of nitrogens with one attached hydrogen (secondary N) is 1. The van der Waals surface area contributed by atoms with Crippen molar-refractivity contribution in [2.45, 2.75) is 29.6 Å². The van der Waals surface area contributed by atoms with Gasteiger partial charge < -0.3 is 42.4 Å². The van der Waals surface area contributed by atoms with Crippen molar-refractivity contribution in [3.63, 3.8) is 0 Å². The van der Waals surface area contributed by atoms with Gasteiger partial charge in [0.25, 0.3) is 0 Å². The largest absolute Gasteiger partial charge is 0.447 e. The maximum Gasteiger partial charge on any atom is 0.404 e. The van der Waals surface area contributed by atoms with Gasteiger partial charge in [0, 0.05) is 0 Å². The summed E-state index contributed by atoms with van der Waals surface area (Å²) in [5.74, 6) is -3.44. The predicted molar refractivity (Wildman–Crippen MR) is 82.5 cm³/mol. The molecular weight excluding hydrogens is 378 g/mol. The van der Waals surface area contributed by atoms with E-state index in [4.69, 9.17) is 21.8 Å². The number of hydrogen-bond donors (Lipinski definition) is 7. The fraction of sp³-hybridized carbons (Fsp3) is 0.700. The number of guanidine groups is 2. The molecule has 0 aromatic rings. The first kappa shape index (κ1) is 18.4. The summed E-state index contributed by atoms with van der Waals surface area (Å²) in [4.78, 5) is 20.0. The Labute approximate surface area is 146 Å². The van der Waals surface area contributed by atoms with Crippen LogP contribution in [0.15, 0.2) is 9.98 Å². The van der Waals surface area contributed by atoms with Crippen molar-refractivity contribution in [3.8, 4) is 0 Å². The Balaban J connectivity index is 2.04. The van der Waals surface area contributed by atoms with Crippen molar-refractivity contribution >= 4 is 28.4 Å². The zero-order chi connectivity index (χ0) is 19.5. The van der Waals surface area contributed by atoms with Gasteiger partial charge in [-0.15, -0.1) is 0 Å². The average molecular weight is 395 g/mol. The number of hydrogen-bond acceptors (Lipinski definition) is 13. The molecular formula is C10H17N7O8S. The van der Waals surface area contributed by atoms with E-state index < -0.39 is 59.3 Å². The Kier molecular flexibility index (Phi) is 3.92. The molecule has 0 aliphatic carbocycles. The average Bonchev–Trinajstić information content (AvgIpc) is 2.93. The van der Waals surface area contributed by atoms with Gasteiger partial charge in [-0.2, -0.15) is 8.42 Å². The minimum absolute atomic E-state index is 0.228. The summed E-state index contributed by atoms with van der Waals surface area (Å²) >= 11 is 0. The first-order valence-corrected chi connectivity index (χ1v) is 8.50. The van der Waals surface area contributed by atoms with E-state index in [0.717, 1.165) is 4.90 Å². The van der Waals surface area contributed by atoms with E-state index in [1.165, 1.54) is 0 Å². The molecule has 0 bridgehead atoms. The van der Waals surface area contributed by atoms with Gasteiger partial charge in [0.15, 0.2) is 23.7 Å². The van der Waals surface area contributed by atoms with Crippen molar-refractivity contribution < 1.29 is 36.9 Å². The van der Waals surface area contributed by atoms with E-state index in [1.54, 1.807) is 0 Å². The number of primary amides is 1. The maximum absolute atomic E-state index is 11.0. The molecule has 16 heteroatoms. The highest BCUT2D eigenvalue weighted by Crippen LogP contribution is 2.45. The minimum atomic E-state index is -5.03. The Morgan fingerprint density at radius 1 is 1.38 bits per heavy atom. The van der Waals surface area contributed by atoms with E-state index in [0.29, 0.717) is 0 Å². The number of aliphatic hydroxyl groups is 2. The van der Waals surface area contributed by atoms with Crippen molar-refractivity contribution in [1.82, 2.24) is 10.2 Å². The molecule has 3 aliphatic heterocycles. The van der Waals surface area contributed by atoms with Crippen LogP contribution in [-0.4, -0.2) is 88.9 Å². The smallest absolute Gasteiger partial charge is 0.404 e. The third-order valence-corrected chi connectivity index (χ3v) is 4.86. The molecule has 0 saturated carbocycles. The first-order valence-electron chi connectivity index (χ1n) is 7.13. The molecule has 2 unspecified atom stereocenters. The molecule has 1 fully saturated rings. The van der Waals surface area contributed by atoms with Crippen molar-refractivity contribution in [2.24, 2.45) is 27.2 Å². The van der Waals surface area contributed by atoms with Crippen molar-refractivity contribution in [3.05, 3.63) is 0 Å². The van der Waals surface area contributed by atoms with E-state index in [1.807, 2.05) is 0 Å². The zero-order valence-corrected chi connectivity index (χ0v) is 13.8. The second-order valence-corrected chi connectivity index (χ2v) is 6.93. The second kappa shape index (κ2) is 5.55. The summed E-state index contributed by atoms with van der Waals surface area (Å²) in [5, 5.41) is 23.9. The van der Waals surface area contributed by atoms with Crippen LogP contribution in [0.3, 0.4) is 0 Å². The molecule has 4 atom stereocenters. The van der Waals surface area contributed by atoms with Crippen molar-refractivity contribution in [2.75, 3.05) is 13.2 Å². The Morgan fingerprint density at radius 2 is 2.04 bits per heavy atom. The topological polar surface area (TPSA) is 248 Å². The van der Waals surface area contributed by atoms with Crippen LogP contribution in [0.5, 0.6) is 0 Å². The van der Waals surface area contributed by atoms with Gasteiger partial charge in [0.05, 0.1) is 6.54 Å². The highest BCUT2D eigenvalue weighted by Gasteiger charge is 2.74. The standard InChI is InChI=1S/C10H17N7O8S/c11-6-15-5-3(2-24-8(13)18)14-7(12)17-1-4(25-26(21,22)23)10(19,20)9(5,17)16-6/h3-5,19-20H,1-2H2,(H2,12,14)(H2,13,18)(H3,11,15,16)(H,21,22,23)/t3-,4+,5?,9?/m0/s1. The summed E-state index contributed by atoms with van der Waals surface area (Å²) < 4.78 is 40.0. The maximum atomic E-state index is 11.0. The van der Waals surface area contributed by atoms with E-state index in [2.05, 4.69) is 24.2 Å². The molecule has 146 valence electrons. The molecule has 10 N–H and O–H groups in total. The molecule has 0 aromatic heterocycles. The lowest BCUT2D eigenvalue weighted by Gasteiger charge is -2.48. The van der Waals surface area contributed by atoms with Gasteiger partial charge in [0.2, 0.25) is 5.79 Å². The third-order valence-electron chi connectivity index (χ3n) is 4.38. The number of aliphatic imine (C=N–C) groups is 2. The van der Waals surface area contributed by atoms with Gasteiger partial charge in [-0.25, -0.2) is 19.0 Å². The highest BCUT2D eigenvalue weighted by atomic mass is 32.3. The fourth-order valence-electron chi connectivity index (χ4n) is 3.45. The summed E-state index contributed by atoms with van der Waals surface area (Å²) in [6.45, 7) is -0.896. The van der Waals surface area contributed by atoms with Gasteiger partial charge in [0.1, 0.15) is 18.7 Å². The highest BCUT2D eigenvalue weighted by molar-refractivity contribution is 7.80. The number of carbonyl (C=O) groups is 1. The molecule has 3 heterocycles. The predicted octanol–water partition coefficient (Wildman–Crippen LogP) is -5.05. The van der Waals surface area contributed by atoms with Crippen LogP contribution in [-0.2, 0) is 19.3 Å². The van der Waals surface area contributed by atoms with Crippen LogP contribution in [0.2, 0.25) is 0 Å². The lowest BCUT2D eigenvalue weighted by Crippen LogP contribution is -2.77. The van der Waals surface area contributed by atoms with Crippen LogP contribution in [0.25, 0.3) is 0 Å². The number of nitrogens with two attached hydrogens (primary N) is 3. The second-order valence-electron chi connectivity index (χ2n) is 5.88. The lowest BCUT2D eigenvalue weighted by molar-refractivity contribution is -0.252. The van der Waals surface area contributed by atoms with Gasteiger partial charge in [-0.1, -0.05) is 0 Å². The Morgan fingerprint density at radius 3 is 2.62 bits per heavy atom. The molecule has 0 aromatic carbocycles. The van der Waals surface area contributed by atoms with Crippen LogP contribution < -0.4 is 22.5 Å². The summed E-state index contributed by atoms with van der Waals surface area (Å²) in [6.07, 6.45) is -2.96. The lowest BCUT2D eigenvalue weighted by atomic mass is 9.86. The zero-order valence-electron chi connectivity index (χ0n) is 13.0. The van der Waals surface area contributed by atoms with Gasteiger partial charge in [-0.05, 0) is 0 Å². The number of rotatable bonds is 4. The minimum Gasteiger partial charge on any atom is -0.447 e. The van der Waals surface area contributed by atoms with E-state index in [-0.39, 0.29) is 11.9 Å². The Bertz CT molecular complexity index is 797. The van der Waals surface area contributed by atoms with Gasteiger partial charge >= 0.3 is 16.5 Å². The quantitative estimate of drug-likeness (QED) is 0.174. The molecule has 3 rings (SSSR count). The number of ether oxygens (including phenoxy) is 1. The number of carbonyl (C=O) groups excluding carboxylic acids is 1. The number of amides is 1. The van der Waals surface area contributed by atoms with Crippen LogP contribution in [0.4, 0.5) is 4.79 Å². The molecule has 1 amide bonds. The molecule has 1 saturated heterocycles. The number of nitrogens with zero attached hydrogens (tertiary/aromatic N) is 3. The van der Waals surface area contributed by atoms with Crippen LogP contribution in [0, 0.1) is 0 Å². The molecule has 26 heavy (non-hydrogen) atoms. The summed E-state index contributed by atoms with van der Waals surface area (Å²) in [5.41, 5.74) is 14.4. The SMILES string of the molecule is NC(=O)OC[C@@H]1N=C(N)N2C[C@@H](OS(=O)(=O)O)C(O)(O)C23NC(N)=NC13. The van der Waals surface area contributed by atoms with Crippen LogP contribution >= 0.6 is 0 Å². The fourth-order valence-corrected chi connectivity index (χ4v) is 3.94. The summed E-state index contributed by atoms with van der Waals surface area (Å²) in [7, 11) is -5.03. The molecule has 0 radical (unpaired) electrons. The summed E-state index contributed by atoms with van der Waals surface area (Å²) in [6, 6.07) is -2.19. The molecule has 3 aliphatic rings. The van der Waals surface area contributed by atoms with Crippen molar-refractivity contribution in [1.29, 1.82) is 0 Å². The van der Waals surface area contributed by atoms with E-state index >= 15 is 0 Å². The van der Waals surface area contributed by atoms with Crippen LogP contribution in [0.1, 0.15) is 0 Å². The molecule has 15 nitrogen and oxygen atoms in total. The van der Waals surface area contributed by atoms with Gasteiger partial charge in [-0.3, -0.25) is 4.55 Å².